The highest BCUT2D eigenvalue weighted by atomic mass is 19.1. The highest BCUT2D eigenvalue weighted by molar-refractivity contribution is 5.89. The lowest BCUT2D eigenvalue weighted by molar-refractivity contribution is 0.0830. The quantitative estimate of drug-likeness (QED) is 0.863. The third-order valence-corrected chi connectivity index (χ3v) is 5.24. The van der Waals surface area contributed by atoms with Gasteiger partial charge >= 0.3 is 6.03 Å². The van der Waals surface area contributed by atoms with Gasteiger partial charge in [0.15, 0.2) is 5.82 Å². The molecule has 0 radical (unpaired) electrons. The van der Waals surface area contributed by atoms with Crippen LogP contribution < -0.4 is 10.1 Å². The molecule has 1 aromatic heterocycles. The van der Waals surface area contributed by atoms with Crippen molar-refractivity contribution in [3.05, 3.63) is 36.0 Å². The predicted molar refractivity (Wildman–Crippen MR) is 98.1 cm³/mol. The second-order valence-electron chi connectivity index (χ2n) is 7.14. The van der Waals surface area contributed by atoms with Crippen LogP contribution in [-0.4, -0.2) is 54.5 Å². The number of amides is 2. The summed E-state index contributed by atoms with van der Waals surface area (Å²) in [6.07, 6.45) is 1.72. The number of ether oxygens (including phenoxy) is 2. The summed E-state index contributed by atoms with van der Waals surface area (Å²) in [4.78, 5) is 18.2. The van der Waals surface area contributed by atoms with Crippen LogP contribution in [0.25, 0.3) is 0 Å². The Bertz CT molecular complexity index is 839. The van der Waals surface area contributed by atoms with Crippen molar-refractivity contribution >= 4 is 11.7 Å². The Kier molecular flexibility index (Phi) is 5.17. The molecule has 2 amide bonds. The zero-order valence-electron chi connectivity index (χ0n) is 15.7. The molecule has 0 aliphatic carbocycles. The maximum Gasteiger partial charge on any atom is 0.321 e. The van der Waals surface area contributed by atoms with Crippen LogP contribution in [-0.2, 0) is 10.4 Å². The number of halogens is 1. The Balaban J connectivity index is 1.41. The van der Waals surface area contributed by atoms with E-state index in [1.807, 2.05) is 0 Å². The SMILES string of the molecule is COc1cccc(NC(=O)N2CCC(F)(c3nc(C4CCOCC4)no3)C2)c1. The number of hydrogen-bond donors (Lipinski definition) is 1. The van der Waals surface area contributed by atoms with Crippen molar-refractivity contribution in [1.29, 1.82) is 0 Å². The van der Waals surface area contributed by atoms with E-state index in [4.69, 9.17) is 14.0 Å². The van der Waals surface area contributed by atoms with Gasteiger partial charge in [-0.3, -0.25) is 0 Å². The molecular formula is C19H23FN4O4. The van der Waals surface area contributed by atoms with Gasteiger partial charge in [-0.15, -0.1) is 0 Å². The second-order valence-corrected chi connectivity index (χ2v) is 7.14. The summed E-state index contributed by atoms with van der Waals surface area (Å²) < 4.78 is 31.1. The van der Waals surface area contributed by atoms with E-state index in [-0.39, 0.29) is 37.4 Å². The van der Waals surface area contributed by atoms with E-state index >= 15 is 4.39 Å². The Hall–Kier alpha value is -2.68. The van der Waals surface area contributed by atoms with E-state index < -0.39 is 5.67 Å². The third-order valence-electron chi connectivity index (χ3n) is 5.24. The lowest BCUT2D eigenvalue weighted by Crippen LogP contribution is -2.35. The lowest BCUT2D eigenvalue weighted by atomic mass is 9.99. The molecule has 4 rings (SSSR count). The summed E-state index contributed by atoms with van der Waals surface area (Å²) in [6.45, 7) is 1.43. The Morgan fingerprint density at radius 3 is 3.00 bits per heavy atom. The summed E-state index contributed by atoms with van der Waals surface area (Å²) in [5.74, 6) is 1.23. The van der Waals surface area contributed by atoms with Crippen LogP contribution in [0, 0.1) is 0 Å². The number of aromatic nitrogens is 2. The summed E-state index contributed by atoms with van der Waals surface area (Å²) in [7, 11) is 1.55. The number of nitrogens with one attached hydrogen (secondary N) is 1. The van der Waals surface area contributed by atoms with Gasteiger partial charge in [-0.2, -0.15) is 4.98 Å². The number of alkyl halides is 1. The molecule has 2 aliphatic rings. The molecule has 2 fully saturated rings. The number of benzene rings is 1. The number of hydrogen-bond acceptors (Lipinski definition) is 6. The van der Waals surface area contributed by atoms with Crippen molar-refractivity contribution < 1.29 is 23.2 Å². The van der Waals surface area contributed by atoms with Crippen molar-refractivity contribution in [2.45, 2.75) is 30.8 Å². The monoisotopic (exact) mass is 390 g/mol. The molecule has 3 heterocycles. The second kappa shape index (κ2) is 7.75. The molecule has 2 saturated heterocycles. The first-order valence-corrected chi connectivity index (χ1v) is 9.38. The highest BCUT2D eigenvalue weighted by Crippen LogP contribution is 2.36. The number of anilines is 1. The zero-order valence-corrected chi connectivity index (χ0v) is 15.7. The van der Waals surface area contributed by atoms with Gasteiger partial charge in [-0.05, 0) is 25.0 Å². The van der Waals surface area contributed by atoms with Crippen LogP contribution in [0.15, 0.2) is 28.8 Å². The van der Waals surface area contributed by atoms with Gasteiger partial charge in [0.1, 0.15) is 5.75 Å². The predicted octanol–water partition coefficient (Wildman–Crippen LogP) is 3.07. The molecule has 28 heavy (non-hydrogen) atoms. The smallest absolute Gasteiger partial charge is 0.321 e. The number of rotatable bonds is 4. The highest BCUT2D eigenvalue weighted by Gasteiger charge is 2.46. The minimum absolute atomic E-state index is 0.0503. The molecule has 2 aromatic rings. The van der Waals surface area contributed by atoms with Crippen LogP contribution in [0.1, 0.15) is 36.9 Å². The van der Waals surface area contributed by atoms with Crippen molar-refractivity contribution in [3.8, 4) is 5.75 Å². The number of methoxy groups -OCH3 is 1. The average Bonchev–Trinajstić information content (AvgIpc) is 3.37. The fraction of sp³-hybridized carbons (Fsp3) is 0.526. The van der Waals surface area contributed by atoms with E-state index in [0.29, 0.717) is 30.5 Å². The third kappa shape index (κ3) is 3.80. The van der Waals surface area contributed by atoms with E-state index in [1.54, 1.807) is 31.4 Å². The van der Waals surface area contributed by atoms with Gasteiger partial charge in [-0.1, -0.05) is 11.2 Å². The topological polar surface area (TPSA) is 89.7 Å². The van der Waals surface area contributed by atoms with Gasteiger partial charge in [0.25, 0.3) is 5.89 Å². The van der Waals surface area contributed by atoms with Crippen LogP contribution in [0.5, 0.6) is 5.75 Å². The van der Waals surface area contributed by atoms with Crippen molar-refractivity contribution in [3.63, 3.8) is 0 Å². The minimum atomic E-state index is -1.83. The lowest BCUT2D eigenvalue weighted by Gasteiger charge is -2.19. The molecule has 0 spiro atoms. The molecule has 0 bridgehead atoms. The van der Waals surface area contributed by atoms with Gasteiger partial charge in [-0.25, -0.2) is 9.18 Å². The van der Waals surface area contributed by atoms with E-state index in [9.17, 15) is 4.79 Å². The van der Waals surface area contributed by atoms with Crippen molar-refractivity contribution in [2.75, 3.05) is 38.7 Å². The Morgan fingerprint density at radius 1 is 1.39 bits per heavy atom. The first kappa shape index (κ1) is 18.7. The van der Waals surface area contributed by atoms with E-state index in [0.717, 1.165) is 12.8 Å². The first-order valence-electron chi connectivity index (χ1n) is 9.38. The molecule has 2 aliphatic heterocycles. The van der Waals surface area contributed by atoms with Gasteiger partial charge in [0.2, 0.25) is 5.67 Å². The molecule has 1 N–H and O–H groups in total. The van der Waals surface area contributed by atoms with Gasteiger partial charge < -0.3 is 24.2 Å². The fourth-order valence-corrected chi connectivity index (χ4v) is 3.56. The average molecular weight is 390 g/mol. The van der Waals surface area contributed by atoms with Gasteiger partial charge in [0.05, 0.1) is 13.7 Å². The number of urea groups is 1. The summed E-state index contributed by atoms with van der Waals surface area (Å²) in [5, 5.41) is 6.74. The normalized spacial score (nSPS) is 23.0. The fourth-order valence-electron chi connectivity index (χ4n) is 3.56. The number of carbonyl (C=O) groups excluding carboxylic acids is 1. The molecule has 1 unspecified atom stereocenters. The van der Waals surface area contributed by atoms with Gasteiger partial charge in [0, 0.05) is 43.9 Å². The molecule has 150 valence electrons. The molecule has 1 aromatic carbocycles. The van der Waals surface area contributed by atoms with Crippen LogP contribution in [0.4, 0.5) is 14.9 Å². The minimum Gasteiger partial charge on any atom is -0.497 e. The maximum absolute atomic E-state index is 15.4. The maximum atomic E-state index is 15.4. The molecule has 1 atom stereocenters. The summed E-state index contributed by atoms with van der Waals surface area (Å²) in [6, 6.07) is 6.63. The van der Waals surface area contributed by atoms with Crippen molar-refractivity contribution in [1.82, 2.24) is 15.0 Å². The summed E-state index contributed by atoms with van der Waals surface area (Å²) in [5.41, 5.74) is -1.25. The number of carbonyl (C=O) groups is 1. The Morgan fingerprint density at radius 2 is 2.21 bits per heavy atom. The number of likely N-dealkylation sites (tertiary alicyclic amines) is 1. The molecule has 8 nitrogen and oxygen atoms in total. The van der Waals surface area contributed by atoms with Crippen molar-refractivity contribution in [2.24, 2.45) is 0 Å². The molecular weight excluding hydrogens is 367 g/mol. The van der Waals surface area contributed by atoms with Crippen LogP contribution in [0.2, 0.25) is 0 Å². The Labute approximate surface area is 162 Å². The molecule has 0 saturated carbocycles. The molecule has 9 heteroatoms. The van der Waals surface area contributed by atoms with E-state index in [1.165, 1.54) is 4.90 Å². The summed E-state index contributed by atoms with van der Waals surface area (Å²) >= 11 is 0. The zero-order chi connectivity index (χ0) is 19.6. The first-order chi connectivity index (χ1) is 13.6. The largest absolute Gasteiger partial charge is 0.497 e. The van der Waals surface area contributed by atoms with Crippen LogP contribution >= 0.6 is 0 Å². The van der Waals surface area contributed by atoms with Crippen LogP contribution in [0.3, 0.4) is 0 Å². The number of nitrogens with zero attached hydrogens (tertiary/aromatic N) is 3. The van der Waals surface area contributed by atoms with E-state index in [2.05, 4.69) is 15.5 Å². The standard InChI is InChI=1S/C19H23FN4O4/c1-26-15-4-2-3-14(11-15)21-18(25)24-8-7-19(20,12-24)17-22-16(23-28-17)13-5-9-27-10-6-13/h2-4,11,13H,5-10,12H2,1H3,(H,21,25).